The molecule has 1 aromatic rings. The molecule has 0 aliphatic heterocycles. The van der Waals surface area contributed by atoms with Crippen LogP contribution in [0.15, 0.2) is 24.3 Å². The smallest absolute Gasteiger partial charge is 0.255 e. The van der Waals surface area contributed by atoms with E-state index in [-0.39, 0.29) is 18.6 Å². The van der Waals surface area contributed by atoms with Gasteiger partial charge in [0.1, 0.15) is 5.75 Å². The average molecular weight is 223 g/mol. The molecule has 0 radical (unpaired) electrons. The number of aliphatic hydroxyl groups excluding tert-OH is 1. The second-order valence-corrected chi connectivity index (χ2v) is 3.49. The highest BCUT2D eigenvalue weighted by Crippen LogP contribution is 2.17. The van der Waals surface area contributed by atoms with Crippen LogP contribution < -0.4 is 10.1 Å². The van der Waals surface area contributed by atoms with Crippen LogP contribution in [-0.2, 0) is 0 Å². The Morgan fingerprint density at radius 1 is 1.50 bits per heavy atom. The summed E-state index contributed by atoms with van der Waals surface area (Å²) in [7, 11) is 0. The second kappa shape index (κ2) is 6.12. The van der Waals surface area contributed by atoms with Gasteiger partial charge in [0.05, 0.1) is 18.8 Å². The number of nitrogens with one attached hydrogen (secondary N) is 1. The lowest BCUT2D eigenvalue weighted by Gasteiger charge is -2.13. The minimum absolute atomic E-state index is 0.0808. The lowest BCUT2D eigenvalue weighted by atomic mass is 10.2. The van der Waals surface area contributed by atoms with Crippen LogP contribution in [0.25, 0.3) is 0 Å². The van der Waals surface area contributed by atoms with Gasteiger partial charge in [0, 0.05) is 6.04 Å². The fourth-order valence-corrected chi connectivity index (χ4v) is 1.28. The van der Waals surface area contributed by atoms with Gasteiger partial charge in [-0.3, -0.25) is 4.79 Å². The number of amides is 1. The Morgan fingerprint density at radius 3 is 2.81 bits per heavy atom. The Bertz CT molecular complexity index is 352. The zero-order valence-electron chi connectivity index (χ0n) is 9.56. The second-order valence-electron chi connectivity index (χ2n) is 3.49. The van der Waals surface area contributed by atoms with Crippen LogP contribution in [-0.4, -0.2) is 30.3 Å². The van der Waals surface area contributed by atoms with Crippen LogP contribution in [0.5, 0.6) is 5.75 Å². The molecule has 0 fully saturated rings. The minimum atomic E-state index is -0.262. The van der Waals surface area contributed by atoms with Crippen molar-refractivity contribution in [2.24, 2.45) is 0 Å². The first-order chi connectivity index (χ1) is 7.69. The Labute approximate surface area is 95.2 Å². The van der Waals surface area contributed by atoms with Crippen LogP contribution in [0.2, 0.25) is 0 Å². The first kappa shape index (κ1) is 12.5. The molecular weight excluding hydrogens is 206 g/mol. The van der Waals surface area contributed by atoms with Crippen LogP contribution in [0.3, 0.4) is 0 Å². The summed E-state index contributed by atoms with van der Waals surface area (Å²) < 4.78 is 5.35. The standard InChI is InChI=1S/C12H17NO3/c1-3-16-11-7-5-4-6-10(11)12(15)13-9(2)8-14/h4-7,9,14H,3,8H2,1-2H3,(H,13,15). The van der Waals surface area contributed by atoms with Crippen molar-refractivity contribution < 1.29 is 14.6 Å². The molecule has 0 bridgehead atoms. The van der Waals surface area contributed by atoms with E-state index < -0.39 is 0 Å². The van der Waals surface area contributed by atoms with Crippen molar-refractivity contribution >= 4 is 5.91 Å². The average Bonchev–Trinajstić information content (AvgIpc) is 2.30. The zero-order valence-corrected chi connectivity index (χ0v) is 9.56. The summed E-state index contributed by atoms with van der Waals surface area (Å²) in [6.07, 6.45) is 0. The molecule has 0 heterocycles. The number of ether oxygens (including phenoxy) is 1. The zero-order chi connectivity index (χ0) is 12.0. The highest BCUT2D eigenvalue weighted by molar-refractivity contribution is 5.97. The largest absolute Gasteiger partial charge is 0.493 e. The van der Waals surface area contributed by atoms with Gasteiger partial charge in [-0.05, 0) is 26.0 Å². The first-order valence-corrected chi connectivity index (χ1v) is 5.32. The molecule has 88 valence electrons. The predicted molar refractivity (Wildman–Crippen MR) is 61.6 cm³/mol. The number of hydrogen-bond acceptors (Lipinski definition) is 3. The number of hydrogen-bond donors (Lipinski definition) is 2. The highest BCUT2D eigenvalue weighted by Gasteiger charge is 2.13. The van der Waals surface area contributed by atoms with Gasteiger partial charge in [0.2, 0.25) is 0 Å². The van der Waals surface area contributed by atoms with Crippen molar-refractivity contribution in [1.82, 2.24) is 5.32 Å². The van der Waals surface area contributed by atoms with E-state index in [0.29, 0.717) is 17.9 Å². The van der Waals surface area contributed by atoms with Gasteiger partial charge >= 0.3 is 0 Å². The molecular formula is C12H17NO3. The number of benzene rings is 1. The van der Waals surface area contributed by atoms with Gasteiger partial charge in [-0.2, -0.15) is 0 Å². The van der Waals surface area contributed by atoms with E-state index in [1.165, 1.54) is 0 Å². The quantitative estimate of drug-likeness (QED) is 0.788. The van der Waals surface area contributed by atoms with E-state index in [2.05, 4.69) is 5.32 Å². The van der Waals surface area contributed by atoms with E-state index in [1.807, 2.05) is 13.0 Å². The van der Waals surface area contributed by atoms with E-state index in [1.54, 1.807) is 25.1 Å². The maximum Gasteiger partial charge on any atom is 0.255 e. The molecule has 16 heavy (non-hydrogen) atoms. The molecule has 4 nitrogen and oxygen atoms in total. The first-order valence-electron chi connectivity index (χ1n) is 5.32. The van der Waals surface area contributed by atoms with Crippen LogP contribution in [0, 0.1) is 0 Å². The van der Waals surface area contributed by atoms with Crippen molar-refractivity contribution in [3.05, 3.63) is 29.8 Å². The summed E-state index contributed by atoms with van der Waals surface area (Å²) in [6.45, 7) is 4.04. The van der Waals surface area contributed by atoms with Crippen molar-refractivity contribution in [1.29, 1.82) is 0 Å². The van der Waals surface area contributed by atoms with Gasteiger partial charge in [-0.25, -0.2) is 0 Å². The summed E-state index contributed by atoms with van der Waals surface area (Å²) in [4.78, 5) is 11.8. The van der Waals surface area contributed by atoms with Crippen LogP contribution in [0.4, 0.5) is 0 Å². The van der Waals surface area contributed by atoms with Gasteiger partial charge in [0.15, 0.2) is 0 Å². The monoisotopic (exact) mass is 223 g/mol. The highest BCUT2D eigenvalue weighted by atomic mass is 16.5. The molecule has 0 saturated heterocycles. The minimum Gasteiger partial charge on any atom is -0.493 e. The summed E-state index contributed by atoms with van der Waals surface area (Å²) in [5.41, 5.74) is 0.490. The summed E-state index contributed by atoms with van der Waals surface area (Å²) in [5, 5.41) is 11.5. The normalized spacial score (nSPS) is 11.9. The van der Waals surface area contributed by atoms with Crippen molar-refractivity contribution in [3.8, 4) is 5.75 Å². The predicted octanol–water partition coefficient (Wildman–Crippen LogP) is 1.20. The third-order valence-electron chi connectivity index (χ3n) is 2.08. The maximum absolute atomic E-state index is 11.8. The van der Waals surface area contributed by atoms with E-state index in [0.717, 1.165) is 0 Å². The molecule has 0 aliphatic rings. The van der Waals surface area contributed by atoms with Crippen molar-refractivity contribution in [3.63, 3.8) is 0 Å². The molecule has 2 N–H and O–H groups in total. The maximum atomic E-state index is 11.8. The third-order valence-corrected chi connectivity index (χ3v) is 2.08. The van der Waals surface area contributed by atoms with E-state index in [4.69, 9.17) is 9.84 Å². The summed E-state index contributed by atoms with van der Waals surface area (Å²) in [5.74, 6) is 0.332. The molecule has 1 amide bonds. The number of para-hydroxylation sites is 1. The lowest BCUT2D eigenvalue weighted by Crippen LogP contribution is -2.35. The molecule has 0 aromatic heterocycles. The van der Waals surface area contributed by atoms with Gasteiger partial charge in [-0.15, -0.1) is 0 Å². The molecule has 1 rings (SSSR count). The van der Waals surface area contributed by atoms with E-state index in [9.17, 15) is 4.79 Å². The van der Waals surface area contributed by atoms with Crippen molar-refractivity contribution in [2.75, 3.05) is 13.2 Å². The van der Waals surface area contributed by atoms with Crippen molar-refractivity contribution in [2.45, 2.75) is 19.9 Å². The Kier molecular flexibility index (Phi) is 4.79. The number of carbonyl (C=O) groups excluding carboxylic acids is 1. The fraction of sp³-hybridized carbons (Fsp3) is 0.417. The fourth-order valence-electron chi connectivity index (χ4n) is 1.28. The van der Waals surface area contributed by atoms with Gasteiger partial charge in [-0.1, -0.05) is 12.1 Å². The molecule has 0 saturated carbocycles. The molecule has 0 spiro atoms. The molecule has 1 unspecified atom stereocenters. The number of aliphatic hydroxyl groups is 1. The SMILES string of the molecule is CCOc1ccccc1C(=O)NC(C)CO. The number of rotatable bonds is 5. The third kappa shape index (κ3) is 3.24. The molecule has 1 atom stereocenters. The van der Waals surface area contributed by atoms with Crippen LogP contribution >= 0.6 is 0 Å². The summed E-state index contributed by atoms with van der Waals surface area (Å²) >= 11 is 0. The topological polar surface area (TPSA) is 58.6 Å². The van der Waals surface area contributed by atoms with Crippen LogP contribution in [0.1, 0.15) is 24.2 Å². The van der Waals surface area contributed by atoms with Gasteiger partial charge in [0.25, 0.3) is 5.91 Å². The molecule has 1 aromatic carbocycles. The molecule has 4 heteroatoms. The molecule has 0 aliphatic carbocycles. The Balaban J connectivity index is 2.81. The van der Waals surface area contributed by atoms with Gasteiger partial charge < -0.3 is 15.2 Å². The number of carbonyl (C=O) groups is 1. The summed E-state index contributed by atoms with van der Waals surface area (Å²) in [6, 6.07) is 6.78. The Morgan fingerprint density at radius 2 is 2.19 bits per heavy atom. The lowest BCUT2D eigenvalue weighted by molar-refractivity contribution is 0.0918. The van der Waals surface area contributed by atoms with E-state index >= 15 is 0 Å². The Hall–Kier alpha value is -1.55.